The van der Waals surface area contributed by atoms with Crippen molar-refractivity contribution in [3.8, 4) is 0 Å². The van der Waals surface area contributed by atoms with Gasteiger partial charge >= 0.3 is 6.18 Å². The fourth-order valence-corrected chi connectivity index (χ4v) is 13.5. The number of halogens is 4. The van der Waals surface area contributed by atoms with Crippen molar-refractivity contribution in [2.45, 2.75) is 224 Å². The Morgan fingerprint density at radius 2 is 1.27 bits per heavy atom. The number of alkyl halides is 3. The van der Waals surface area contributed by atoms with Gasteiger partial charge in [-0.3, -0.25) is 52.7 Å². The number of benzene rings is 1. The smallest absolute Gasteiger partial charge is 0.351 e. The van der Waals surface area contributed by atoms with Crippen LogP contribution in [0, 0.1) is 17.8 Å². The van der Waals surface area contributed by atoms with Crippen molar-refractivity contribution in [3.05, 3.63) is 34.3 Å². The monoisotopic (exact) mass is 1270 g/mol. The Morgan fingerprint density at radius 3 is 1.85 bits per heavy atom. The van der Waals surface area contributed by atoms with Crippen LogP contribution < -0.4 is 21.3 Å². The number of hydrogen-bond acceptors (Lipinski definition) is 11. The quantitative estimate of drug-likeness (QED) is 0.278. The summed E-state index contributed by atoms with van der Waals surface area (Å²) in [5, 5.41) is 10.9. The van der Waals surface area contributed by atoms with Crippen LogP contribution in [0.1, 0.15) is 162 Å². The Bertz CT molecular complexity index is 2800. The van der Waals surface area contributed by atoms with E-state index in [2.05, 4.69) is 21.3 Å². The minimum Gasteiger partial charge on any atom is -0.351 e. The van der Waals surface area contributed by atoms with Crippen molar-refractivity contribution in [1.29, 1.82) is 0 Å². The highest BCUT2D eigenvalue weighted by molar-refractivity contribution is 6.31. The van der Waals surface area contributed by atoms with Gasteiger partial charge in [0.25, 0.3) is 0 Å². The van der Waals surface area contributed by atoms with E-state index in [-0.39, 0.29) is 70.4 Å². The summed E-state index contributed by atoms with van der Waals surface area (Å²) in [4.78, 5) is 168. The standard InChI is InChI=1S/C63H95ClF3N11O11/c1-13-37(4)51-60(88)72(8)35-50(80)77-31-27-47(77)58(86)75(11)48(34-41-20-15-14-16-21-41)59(87)74(10)40(7)53(81)69-45(26-24-42-23-25-43(44(64)33-42)63(65,66)67)57(85)78-30-19-22-46(78)55(83)71-62(28-17-18-29-62)61(89)76(12)52(36(2)3)56(84)68-38(5)32-49(79)73(9)39(6)54(82)70-51/h23,25,33,36-41,45-48,51-52H,13-22,24,26-32,34-35H2,1-12H3,(H,68,84)(H,69,81)(H,70,82)(H,71,83)/t37-,38+,39-,40+,45-,46-,47-,48-,51-,52-/m0/s1. The molecule has 5 aliphatic rings. The summed E-state index contributed by atoms with van der Waals surface area (Å²) < 4.78 is 41.4. The van der Waals surface area contributed by atoms with Crippen LogP contribution in [-0.4, -0.2) is 214 Å². The molecule has 4 N–H and O–H groups in total. The summed E-state index contributed by atoms with van der Waals surface area (Å²) in [5.74, 6) is -7.54. The number of fused-ring (bicyclic) bond motifs is 2. The van der Waals surface area contributed by atoms with E-state index in [1.807, 2.05) is 6.92 Å². The molecule has 6 rings (SSSR count). The average molecular weight is 1270 g/mol. The normalized spacial score (nSPS) is 28.6. The Labute approximate surface area is 526 Å². The molecule has 89 heavy (non-hydrogen) atoms. The molecule has 3 aliphatic heterocycles. The minimum atomic E-state index is -4.74. The van der Waals surface area contributed by atoms with Crippen molar-refractivity contribution in [3.63, 3.8) is 0 Å². The van der Waals surface area contributed by atoms with Crippen molar-refractivity contribution in [2.75, 3.05) is 54.9 Å². The van der Waals surface area contributed by atoms with Gasteiger partial charge in [0.15, 0.2) is 0 Å². The molecule has 0 aromatic heterocycles. The maximum absolute atomic E-state index is 15.1. The zero-order chi connectivity index (χ0) is 66.1. The summed E-state index contributed by atoms with van der Waals surface area (Å²) in [6.07, 6.45) is 2.15. The molecule has 1 aromatic carbocycles. The first kappa shape index (κ1) is 71.5. The van der Waals surface area contributed by atoms with E-state index in [4.69, 9.17) is 11.6 Å². The Kier molecular flexibility index (Phi) is 24.5. The highest BCUT2D eigenvalue weighted by Crippen LogP contribution is 2.37. The third kappa shape index (κ3) is 16.9. The van der Waals surface area contributed by atoms with Crippen LogP contribution in [0.25, 0.3) is 0 Å². The molecule has 0 bridgehead atoms. The molecule has 5 fully saturated rings. The highest BCUT2D eigenvalue weighted by Gasteiger charge is 2.50. The first-order valence-corrected chi connectivity index (χ1v) is 32.1. The van der Waals surface area contributed by atoms with Gasteiger partial charge in [0, 0.05) is 60.8 Å². The third-order valence-corrected chi connectivity index (χ3v) is 19.8. The van der Waals surface area contributed by atoms with Gasteiger partial charge in [0.2, 0.25) is 65.0 Å². The second-order valence-corrected chi connectivity index (χ2v) is 26.5. The average Bonchev–Trinajstić information content (AvgIpc) is 2.51. The Balaban J connectivity index is 1.36. The zero-order valence-corrected chi connectivity index (χ0v) is 54.7. The lowest BCUT2D eigenvalue weighted by Gasteiger charge is -2.44. The second kappa shape index (κ2) is 30.5. The lowest BCUT2D eigenvalue weighted by Crippen LogP contribution is -2.64. The highest BCUT2D eigenvalue weighted by atomic mass is 35.5. The Hall–Kier alpha value is -6.53. The van der Waals surface area contributed by atoms with E-state index >= 15 is 9.59 Å². The molecule has 26 heteroatoms. The molecule has 0 radical (unpaired) electrons. The summed E-state index contributed by atoms with van der Waals surface area (Å²) in [6, 6.07) is -6.87. The predicted molar refractivity (Wildman–Crippen MR) is 326 cm³/mol. The van der Waals surface area contributed by atoms with Gasteiger partial charge in [-0.1, -0.05) is 96.7 Å². The van der Waals surface area contributed by atoms with Crippen LogP contribution in [0.15, 0.2) is 18.2 Å². The molecule has 1 aromatic rings. The molecule has 10 atom stereocenters. The van der Waals surface area contributed by atoms with Crippen LogP contribution >= 0.6 is 11.6 Å². The summed E-state index contributed by atoms with van der Waals surface area (Å²) in [5.41, 5.74) is -2.24. The number of hydrogen-bond donors (Lipinski definition) is 4. The fraction of sp³-hybridized carbons (Fsp3) is 0.730. The molecule has 11 amide bonds. The Morgan fingerprint density at radius 1 is 0.640 bits per heavy atom. The molecule has 1 spiro atoms. The molecule has 2 saturated carbocycles. The first-order valence-electron chi connectivity index (χ1n) is 31.7. The first-order chi connectivity index (χ1) is 41.7. The molecule has 3 saturated heterocycles. The number of likely N-dealkylation sites (N-methyl/N-ethyl adjacent to an activating group) is 5. The van der Waals surface area contributed by atoms with Gasteiger partial charge < -0.3 is 55.6 Å². The van der Waals surface area contributed by atoms with E-state index in [9.17, 15) is 56.3 Å². The van der Waals surface area contributed by atoms with E-state index in [0.717, 1.165) is 44.2 Å². The molecule has 496 valence electrons. The largest absolute Gasteiger partial charge is 0.417 e. The van der Waals surface area contributed by atoms with E-state index in [1.54, 1.807) is 27.7 Å². The van der Waals surface area contributed by atoms with Gasteiger partial charge in [0.05, 0.1) is 17.1 Å². The lowest BCUT2D eigenvalue weighted by atomic mass is 9.84. The number of amides is 11. The molecule has 0 unspecified atom stereocenters. The molecule has 2 aliphatic carbocycles. The van der Waals surface area contributed by atoms with Crippen molar-refractivity contribution >= 4 is 76.6 Å². The van der Waals surface area contributed by atoms with E-state index < -0.39 is 160 Å². The number of nitrogens with one attached hydrogen (secondary N) is 4. The lowest BCUT2D eigenvalue weighted by molar-refractivity contribution is -0.158. The topological polar surface area (TPSA) is 259 Å². The van der Waals surface area contributed by atoms with Gasteiger partial charge in [-0.2, -0.15) is 13.2 Å². The molecular weight excluding hydrogens is 1180 g/mol. The maximum Gasteiger partial charge on any atom is 0.417 e. The molecular formula is C63H95ClF3N11O11. The number of aryl methyl sites for hydroxylation is 1. The summed E-state index contributed by atoms with van der Waals surface area (Å²) in [6.45, 7) is 11.4. The number of carbonyl (C=O) groups excluding carboxylic acids is 11. The van der Waals surface area contributed by atoms with Crippen LogP contribution in [0.3, 0.4) is 0 Å². The fourth-order valence-electron chi connectivity index (χ4n) is 13.2. The maximum atomic E-state index is 15.1. The van der Waals surface area contributed by atoms with Crippen molar-refractivity contribution in [1.82, 2.24) is 55.6 Å². The number of carbonyl (C=O) groups is 11. The van der Waals surface area contributed by atoms with Crippen LogP contribution in [0.5, 0.6) is 0 Å². The predicted octanol–water partition coefficient (Wildman–Crippen LogP) is 4.67. The number of nitrogens with zero attached hydrogens (tertiary/aromatic N) is 7. The van der Waals surface area contributed by atoms with Crippen molar-refractivity contribution in [2.24, 2.45) is 17.8 Å². The molecule has 22 nitrogen and oxygen atoms in total. The summed E-state index contributed by atoms with van der Waals surface area (Å²) in [7, 11) is 7.20. The van der Waals surface area contributed by atoms with E-state index in [1.165, 1.54) is 89.5 Å². The van der Waals surface area contributed by atoms with Crippen LogP contribution in [0.4, 0.5) is 13.2 Å². The van der Waals surface area contributed by atoms with Gasteiger partial charge in [-0.05, 0) is 108 Å². The zero-order valence-electron chi connectivity index (χ0n) is 53.9. The second-order valence-electron chi connectivity index (χ2n) is 26.1. The third-order valence-electron chi connectivity index (χ3n) is 19.4. The van der Waals surface area contributed by atoms with Crippen LogP contribution in [0.2, 0.25) is 5.02 Å². The number of rotatable bonds is 8. The summed E-state index contributed by atoms with van der Waals surface area (Å²) >= 11 is 6.13. The van der Waals surface area contributed by atoms with Gasteiger partial charge in [0.1, 0.15) is 53.9 Å². The molecule has 3 heterocycles. The SMILES string of the molecule is CC[C@H](C)[C@@H]1NC(=O)[C@H](C)N(C)C(=O)C[C@@H](C)NC(=O)[C@H](C(C)C)N(C)C(=O)C2(CCCC2)NC(=O)[C@@H]2CCCN2C(=O)[C@H](CCc2ccc(C(F)(F)F)c(Cl)c2)NC(=O)[C@@H](C)N(C)C(=O)[C@H](CC2CCCCC2)N(C)C(=O)[C@@H]2CCN2C(=O)CN(C)C1=O. The van der Waals surface area contributed by atoms with Crippen molar-refractivity contribution < 1.29 is 65.9 Å². The van der Waals surface area contributed by atoms with Crippen LogP contribution in [-0.2, 0) is 65.3 Å². The van der Waals surface area contributed by atoms with Gasteiger partial charge in [-0.15, -0.1) is 0 Å². The van der Waals surface area contributed by atoms with E-state index in [0.29, 0.717) is 31.2 Å². The minimum absolute atomic E-state index is 0.0361. The van der Waals surface area contributed by atoms with Gasteiger partial charge in [-0.25, -0.2) is 0 Å².